The first-order chi connectivity index (χ1) is 0. The van der Waals surface area contributed by atoms with Crippen molar-refractivity contribution in [3.8, 4) is 0 Å². The van der Waals surface area contributed by atoms with Gasteiger partial charge in [0, 0.05) is 0 Å². The predicted octanol–water partition coefficient (Wildman–Crippen LogP) is -2.49. The van der Waals surface area contributed by atoms with Crippen LogP contribution in [0.2, 0.25) is 0 Å². The van der Waals surface area contributed by atoms with Gasteiger partial charge in [-0.05, 0) is 0 Å². The van der Waals surface area contributed by atoms with Gasteiger partial charge in [0.2, 0.25) is 0 Å². The zero-order chi connectivity index (χ0) is 0. The molecule has 0 saturated heterocycles. The van der Waals surface area contributed by atoms with Crippen LogP contribution in [-0.4, -0.2) is 0 Å². The van der Waals surface area contributed by atoms with Gasteiger partial charge in [-0.25, -0.2) is 0 Å². The molecule has 0 unspecified atom stereocenters. The first kappa shape index (κ1) is 112. The summed E-state index contributed by atoms with van der Waals surface area (Å²) in [5.41, 5.74) is 0. The molecule has 0 aromatic rings. The largest absolute Gasteiger partial charge is 4.00 e. The van der Waals surface area contributed by atoms with E-state index < -0.39 is 0 Å². The van der Waals surface area contributed by atoms with Gasteiger partial charge < -0.3 is 12.4 Å². The van der Waals surface area contributed by atoms with E-state index in [1.807, 2.05) is 0 Å². The molecule has 0 atom stereocenters. The predicted molar refractivity (Wildman–Crippen MR) is 9.22 cm³/mol. The second-order valence-electron chi connectivity index (χ2n) is 0. The molecular weight excluding hydrogens is 98.8 g/mol. The minimum atomic E-state index is 0. The average molecular weight is 104 g/mol. The molecule has 0 aromatic carbocycles. The molecule has 0 aliphatic carbocycles. The van der Waals surface area contributed by atoms with Crippen LogP contribution in [0, 0.1) is 0 Å². The summed E-state index contributed by atoms with van der Waals surface area (Å²) in [6.07, 6.45) is 0. The van der Waals surface area contributed by atoms with Gasteiger partial charge in [0.1, 0.15) is 0 Å². The Kier molecular flexibility index (Phi) is 1390. The molecule has 0 N–H and O–H groups in total. The van der Waals surface area contributed by atoms with Gasteiger partial charge in [0.05, 0.1) is 0 Å². The molecule has 0 rings (SSSR count). The van der Waals surface area contributed by atoms with E-state index in [2.05, 4.69) is 0 Å². The zero-order valence-corrected chi connectivity index (χ0v) is 3.88. The van der Waals surface area contributed by atoms with E-state index in [1.54, 1.807) is 0 Å². The molecule has 0 aromatic heterocycles. The Hall–Kier alpha value is 1.23. The Balaban J connectivity index is 0. The van der Waals surface area contributed by atoms with Gasteiger partial charge in [-0.15, -0.1) is 0 Å². The van der Waals surface area contributed by atoms with Crippen LogP contribution in [0.1, 0.15) is 8.85 Å². The third-order valence-corrected chi connectivity index (χ3v) is 0. The van der Waals surface area contributed by atoms with Crippen molar-refractivity contribution < 1.29 is 53.0 Å². The first-order valence-corrected chi connectivity index (χ1v) is 0. The van der Waals surface area contributed by atoms with Crippen molar-refractivity contribution in [3.63, 3.8) is 0 Å². The van der Waals surface area contributed by atoms with E-state index in [0.717, 1.165) is 0 Å². The third kappa shape index (κ3) is 36.0. The Morgan fingerprint density at radius 2 is 1.00 bits per heavy atom. The molecule has 5 heavy (non-hydrogen) atoms. The molecular formula is CH5LiO2Ti. The summed E-state index contributed by atoms with van der Waals surface area (Å²) >= 11 is 0. The molecule has 26 valence electrons. The maximum absolute atomic E-state index is 0. The van der Waals surface area contributed by atoms with Crippen molar-refractivity contribution in [1.29, 1.82) is 0 Å². The first-order valence-electron chi connectivity index (χ1n) is 0. The van der Waals surface area contributed by atoms with Crippen LogP contribution in [0.15, 0.2) is 0 Å². The van der Waals surface area contributed by atoms with Crippen LogP contribution in [0.3, 0.4) is 0 Å². The molecule has 2 nitrogen and oxygen atoms in total. The molecule has 0 fully saturated rings. The Bertz CT molecular complexity index is 13.5. The van der Waals surface area contributed by atoms with Crippen LogP contribution >= 0.6 is 0 Å². The topological polar surface area (TPSA) is 57.0 Å². The number of rotatable bonds is 0. The third-order valence-electron chi connectivity index (χ3n) is 0. The molecule has 0 aliphatic rings. The van der Waals surface area contributed by atoms with Crippen LogP contribution in [-0.2, 0) is 32.7 Å². The van der Waals surface area contributed by atoms with Crippen molar-refractivity contribution in [2.24, 2.45) is 0 Å². The summed E-state index contributed by atoms with van der Waals surface area (Å²) in [6, 6.07) is 0. The quantitative estimate of drug-likeness (QED) is 0.305. The van der Waals surface area contributed by atoms with Gasteiger partial charge in [0.15, 0.2) is 0 Å². The standard InChI is InChI=1S/CH4.Li.2O.Ti.H/h1H4;;;;;/q;+1;2*-2;+4;-1. The fourth-order valence-corrected chi connectivity index (χ4v) is 0. The second-order valence-corrected chi connectivity index (χ2v) is 0. The molecule has 0 radical (unpaired) electrons. The fourth-order valence-electron chi connectivity index (χ4n) is 0. The van der Waals surface area contributed by atoms with Gasteiger partial charge in [-0.3, -0.25) is 0 Å². The average Bonchev–Trinajstić information content (AvgIpc) is 0. The maximum Gasteiger partial charge on any atom is 4.00 e. The van der Waals surface area contributed by atoms with E-state index in [0.29, 0.717) is 0 Å². The maximum atomic E-state index is 0. The van der Waals surface area contributed by atoms with Crippen LogP contribution in [0.25, 0.3) is 0 Å². The minimum absolute atomic E-state index is 0. The number of hydrogen-bond acceptors (Lipinski definition) is 0. The SMILES string of the molecule is C.[H-].[Li+].[O-2].[O-2].[Ti+4]. The van der Waals surface area contributed by atoms with E-state index in [-0.39, 0.29) is 60.4 Å². The van der Waals surface area contributed by atoms with Crippen molar-refractivity contribution in [2.45, 2.75) is 7.43 Å². The summed E-state index contributed by atoms with van der Waals surface area (Å²) in [5, 5.41) is 0. The van der Waals surface area contributed by atoms with Gasteiger partial charge in [-0.2, -0.15) is 0 Å². The minimum Gasteiger partial charge on any atom is -2.00 e. The Labute approximate surface area is 60.5 Å². The Morgan fingerprint density at radius 3 is 1.00 bits per heavy atom. The van der Waals surface area contributed by atoms with Crippen molar-refractivity contribution >= 4 is 0 Å². The summed E-state index contributed by atoms with van der Waals surface area (Å²) in [4.78, 5) is 0. The summed E-state index contributed by atoms with van der Waals surface area (Å²) in [5.74, 6) is 0. The fraction of sp³-hybridized carbons (Fsp3) is 1.00. The van der Waals surface area contributed by atoms with E-state index in [4.69, 9.17) is 0 Å². The van der Waals surface area contributed by atoms with Gasteiger partial charge >= 0.3 is 40.6 Å². The van der Waals surface area contributed by atoms with Crippen molar-refractivity contribution in [2.75, 3.05) is 0 Å². The molecule has 4 heteroatoms. The number of hydrogen-bond donors (Lipinski definition) is 0. The van der Waals surface area contributed by atoms with E-state index >= 15 is 0 Å². The molecule has 0 heterocycles. The van der Waals surface area contributed by atoms with Crippen LogP contribution in [0.4, 0.5) is 0 Å². The van der Waals surface area contributed by atoms with Gasteiger partial charge in [-0.1, -0.05) is 7.43 Å². The summed E-state index contributed by atoms with van der Waals surface area (Å²) < 4.78 is 0. The molecule has 0 saturated carbocycles. The van der Waals surface area contributed by atoms with Crippen LogP contribution < -0.4 is 18.9 Å². The van der Waals surface area contributed by atoms with Gasteiger partial charge in [0.25, 0.3) is 0 Å². The smallest absolute Gasteiger partial charge is 2.00 e. The molecule has 0 amide bonds. The summed E-state index contributed by atoms with van der Waals surface area (Å²) in [6.45, 7) is 0. The monoisotopic (exact) mass is 104 g/mol. The van der Waals surface area contributed by atoms with E-state index in [9.17, 15) is 0 Å². The van der Waals surface area contributed by atoms with Crippen molar-refractivity contribution in [3.05, 3.63) is 0 Å². The normalized spacial score (nSPS) is 0. The summed E-state index contributed by atoms with van der Waals surface area (Å²) in [7, 11) is 0. The van der Waals surface area contributed by atoms with Crippen molar-refractivity contribution in [1.82, 2.24) is 0 Å². The molecule has 0 aliphatic heterocycles. The Morgan fingerprint density at radius 1 is 1.00 bits per heavy atom. The zero-order valence-electron chi connectivity index (χ0n) is 3.32. The van der Waals surface area contributed by atoms with Crippen LogP contribution in [0.5, 0.6) is 0 Å². The molecule has 0 spiro atoms. The van der Waals surface area contributed by atoms with E-state index in [1.165, 1.54) is 0 Å². The molecule has 0 bridgehead atoms. The second kappa shape index (κ2) is 61.8.